The number of nitrogens with zero attached hydrogens (tertiary/aromatic N) is 1. The van der Waals surface area contributed by atoms with Crippen LogP contribution in [0.4, 0.5) is 0 Å². The molecule has 0 aromatic heterocycles. The van der Waals surface area contributed by atoms with Crippen LogP contribution in [0.1, 0.15) is 92.4 Å². The van der Waals surface area contributed by atoms with Crippen LogP contribution >= 0.6 is 0 Å². The van der Waals surface area contributed by atoms with E-state index in [4.69, 9.17) is 0 Å². The van der Waals surface area contributed by atoms with E-state index in [1.54, 1.807) is 16.7 Å². The Balaban J connectivity index is 1.42. The van der Waals surface area contributed by atoms with Crippen molar-refractivity contribution in [3.63, 3.8) is 0 Å². The second-order valence-corrected chi connectivity index (χ2v) is 12.7. The van der Waals surface area contributed by atoms with E-state index in [9.17, 15) is 5.11 Å². The van der Waals surface area contributed by atoms with Gasteiger partial charge in [-0.1, -0.05) is 46.3 Å². The van der Waals surface area contributed by atoms with Gasteiger partial charge < -0.3 is 10.0 Å². The highest BCUT2D eigenvalue weighted by Crippen LogP contribution is 2.66. The first-order valence-electron chi connectivity index (χ1n) is 13.0. The lowest BCUT2D eigenvalue weighted by Crippen LogP contribution is -2.53. The Morgan fingerprint density at radius 3 is 2.50 bits per heavy atom. The molecule has 2 nitrogen and oxygen atoms in total. The van der Waals surface area contributed by atoms with Gasteiger partial charge in [-0.2, -0.15) is 0 Å². The molecule has 0 bridgehead atoms. The monoisotopic (exact) mass is 411 g/mol. The summed E-state index contributed by atoms with van der Waals surface area (Å²) in [5.41, 5.74) is 6.07. The van der Waals surface area contributed by atoms with Gasteiger partial charge in [0.15, 0.2) is 0 Å². The quantitative estimate of drug-likeness (QED) is 0.584. The lowest BCUT2D eigenvalue weighted by Gasteiger charge is -2.59. The fraction of sp³-hybridized carbons (Fsp3) is 0.857. The van der Waals surface area contributed by atoms with Crippen molar-refractivity contribution >= 4 is 0 Å². The molecule has 1 aliphatic heterocycles. The molecule has 0 amide bonds. The van der Waals surface area contributed by atoms with Crippen LogP contribution < -0.4 is 0 Å². The minimum absolute atomic E-state index is 0.0448. The van der Waals surface area contributed by atoms with E-state index in [2.05, 4.69) is 45.6 Å². The molecule has 1 N–H and O–H groups in total. The van der Waals surface area contributed by atoms with Gasteiger partial charge in [0.05, 0.1) is 6.10 Å². The maximum Gasteiger partial charge on any atom is 0.0594 e. The fourth-order valence-corrected chi connectivity index (χ4v) is 9.08. The van der Waals surface area contributed by atoms with Crippen LogP contribution in [0.25, 0.3) is 0 Å². The number of hydrogen-bond acceptors (Lipinski definition) is 2. The molecule has 0 unspecified atom stereocenters. The molecule has 0 spiro atoms. The largest absolute Gasteiger partial charge is 0.393 e. The zero-order valence-corrected chi connectivity index (χ0v) is 20.3. The van der Waals surface area contributed by atoms with Gasteiger partial charge in [0.1, 0.15) is 0 Å². The fourth-order valence-electron chi connectivity index (χ4n) is 9.08. The summed E-state index contributed by atoms with van der Waals surface area (Å²) in [7, 11) is 0. The Labute approximate surface area is 185 Å². The van der Waals surface area contributed by atoms with Crippen molar-refractivity contribution < 1.29 is 5.11 Å². The topological polar surface area (TPSA) is 23.5 Å². The maximum absolute atomic E-state index is 10.8. The summed E-state index contributed by atoms with van der Waals surface area (Å²) < 4.78 is 0. The molecule has 5 rings (SSSR count). The molecular weight excluding hydrogens is 366 g/mol. The van der Waals surface area contributed by atoms with Gasteiger partial charge in [0.25, 0.3) is 0 Å². The van der Waals surface area contributed by atoms with E-state index in [1.165, 1.54) is 71.0 Å². The van der Waals surface area contributed by atoms with Crippen LogP contribution in [0.5, 0.6) is 0 Å². The van der Waals surface area contributed by atoms with E-state index in [-0.39, 0.29) is 11.5 Å². The average Bonchev–Trinajstić information content (AvgIpc) is 3.32. The van der Waals surface area contributed by atoms with Crippen molar-refractivity contribution in [1.29, 1.82) is 0 Å². The summed E-state index contributed by atoms with van der Waals surface area (Å²) in [5, 5.41) is 10.8. The van der Waals surface area contributed by atoms with Crippen LogP contribution in [0.2, 0.25) is 0 Å². The predicted molar refractivity (Wildman–Crippen MR) is 125 cm³/mol. The second-order valence-electron chi connectivity index (χ2n) is 12.7. The van der Waals surface area contributed by atoms with Crippen LogP contribution in [0.3, 0.4) is 0 Å². The highest BCUT2D eigenvalue weighted by molar-refractivity contribution is 5.49. The molecule has 1 heterocycles. The Bertz CT molecular complexity index is 757. The minimum Gasteiger partial charge on any atom is -0.393 e. The number of aliphatic hydroxyl groups is 1. The van der Waals surface area contributed by atoms with Crippen LogP contribution in [-0.2, 0) is 0 Å². The highest BCUT2D eigenvalue weighted by Gasteiger charge is 2.57. The Kier molecular flexibility index (Phi) is 5.10. The van der Waals surface area contributed by atoms with Crippen molar-refractivity contribution in [2.24, 2.45) is 34.0 Å². The maximum atomic E-state index is 10.8. The zero-order chi connectivity index (χ0) is 21.3. The summed E-state index contributed by atoms with van der Waals surface area (Å²) in [5.74, 6) is 2.24. The molecule has 2 fully saturated rings. The molecule has 168 valence electrons. The van der Waals surface area contributed by atoms with Gasteiger partial charge in [-0.15, -0.1) is 0 Å². The van der Waals surface area contributed by atoms with Gasteiger partial charge in [-0.25, -0.2) is 0 Å². The average molecular weight is 412 g/mol. The normalized spacial score (nSPS) is 44.3. The second kappa shape index (κ2) is 7.20. The standard InChI is InChI=1S/C28H45NO/c1-19(18-29-16-6-7-17-29)21-9-10-22-20-8-11-24-26(2,3)25(30)13-15-28(24,5)23(20)12-14-27(21,22)4/h10,19,21,24-25,30H,6-9,11-18H2,1-5H3/t19-,21+,24-,25-,27+,28+/m0/s1. The molecule has 5 aliphatic rings. The lowest BCUT2D eigenvalue weighted by atomic mass is 9.46. The Hall–Kier alpha value is -0.600. The third-order valence-corrected chi connectivity index (χ3v) is 10.9. The van der Waals surface area contributed by atoms with E-state index >= 15 is 0 Å². The zero-order valence-electron chi connectivity index (χ0n) is 20.3. The van der Waals surface area contributed by atoms with Crippen LogP contribution in [0.15, 0.2) is 22.8 Å². The molecule has 30 heavy (non-hydrogen) atoms. The van der Waals surface area contributed by atoms with E-state index in [1.807, 2.05) is 0 Å². The number of likely N-dealkylation sites (tertiary alicyclic amines) is 1. The molecule has 6 atom stereocenters. The van der Waals surface area contributed by atoms with E-state index < -0.39 is 0 Å². The summed E-state index contributed by atoms with van der Waals surface area (Å²) in [6.07, 6.45) is 14.0. The van der Waals surface area contributed by atoms with Gasteiger partial charge in [-0.3, -0.25) is 0 Å². The third-order valence-electron chi connectivity index (χ3n) is 10.9. The van der Waals surface area contributed by atoms with Gasteiger partial charge in [-0.05, 0) is 116 Å². The number of aliphatic hydroxyl groups excluding tert-OH is 1. The first-order chi connectivity index (χ1) is 14.2. The SMILES string of the molecule is C[C@@H](CN1CCCC1)[C@H]1CC=C2C3=C(CC[C@@]21C)[C@@]1(C)CC[C@H](O)C(C)(C)[C@@H]1CC3. The number of hydrogen-bond donors (Lipinski definition) is 1. The van der Waals surface area contributed by atoms with Crippen molar-refractivity contribution in [2.45, 2.75) is 98.5 Å². The van der Waals surface area contributed by atoms with Gasteiger partial charge >= 0.3 is 0 Å². The molecule has 0 aromatic carbocycles. The smallest absolute Gasteiger partial charge is 0.0594 e. The predicted octanol–water partition coefficient (Wildman–Crippen LogP) is 6.36. The summed E-state index contributed by atoms with van der Waals surface area (Å²) >= 11 is 0. The third kappa shape index (κ3) is 2.95. The van der Waals surface area contributed by atoms with Crippen molar-refractivity contribution in [2.75, 3.05) is 19.6 Å². The Morgan fingerprint density at radius 2 is 1.77 bits per heavy atom. The molecule has 1 saturated carbocycles. The molecule has 0 aromatic rings. The number of allylic oxidation sites excluding steroid dienone is 4. The van der Waals surface area contributed by atoms with E-state index in [0.717, 1.165) is 18.3 Å². The molecular formula is C28H45NO. The minimum atomic E-state index is -0.131. The highest BCUT2D eigenvalue weighted by atomic mass is 16.3. The van der Waals surface area contributed by atoms with Crippen molar-refractivity contribution in [3.05, 3.63) is 22.8 Å². The molecule has 0 radical (unpaired) electrons. The van der Waals surface area contributed by atoms with Crippen LogP contribution in [-0.4, -0.2) is 35.7 Å². The first-order valence-corrected chi connectivity index (χ1v) is 13.0. The first kappa shape index (κ1) is 21.3. The van der Waals surface area contributed by atoms with Crippen molar-refractivity contribution in [3.8, 4) is 0 Å². The summed E-state index contributed by atoms with van der Waals surface area (Å²) in [6, 6.07) is 0. The Morgan fingerprint density at radius 1 is 1.03 bits per heavy atom. The summed E-state index contributed by atoms with van der Waals surface area (Å²) in [6.45, 7) is 16.3. The van der Waals surface area contributed by atoms with E-state index in [0.29, 0.717) is 16.7 Å². The number of rotatable bonds is 3. The molecule has 2 heteroatoms. The lowest BCUT2D eigenvalue weighted by molar-refractivity contribution is -0.0905. The van der Waals surface area contributed by atoms with Crippen LogP contribution in [0, 0.1) is 34.0 Å². The number of fused-ring (bicyclic) bond motifs is 4. The molecule has 4 aliphatic carbocycles. The van der Waals surface area contributed by atoms with Crippen molar-refractivity contribution in [1.82, 2.24) is 4.90 Å². The van der Waals surface area contributed by atoms with Gasteiger partial charge in [0, 0.05) is 6.54 Å². The summed E-state index contributed by atoms with van der Waals surface area (Å²) in [4.78, 5) is 2.72. The van der Waals surface area contributed by atoms with Gasteiger partial charge in [0.2, 0.25) is 0 Å². The molecule has 1 saturated heterocycles.